The van der Waals surface area contributed by atoms with Crippen LogP contribution in [0.25, 0.3) is 27.9 Å². The third-order valence-corrected chi connectivity index (χ3v) is 6.74. The summed E-state index contributed by atoms with van der Waals surface area (Å²) >= 11 is 0. The number of fused-ring (bicyclic) bond motifs is 2. The van der Waals surface area contributed by atoms with Gasteiger partial charge in [-0.3, -0.25) is 13.8 Å². The summed E-state index contributed by atoms with van der Waals surface area (Å²) < 4.78 is 32.3. The van der Waals surface area contributed by atoms with Gasteiger partial charge >= 0.3 is 0 Å². The van der Waals surface area contributed by atoms with E-state index in [0.717, 1.165) is 50.9 Å². The number of pyridine rings is 2. The first-order chi connectivity index (χ1) is 15.2. The molecule has 0 unspecified atom stereocenters. The van der Waals surface area contributed by atoms with Crippen molar-refractivity contribution < 1.29 is 12.6 Å². The molecule has 5 heterocycles. The summed E-state index contributed by atoms with van der Waals surface area (Å²) in [7, 11) is -3.50. The van der Waals surface area contributed by atoms with Gasteiger partial charge in [0.25, 0.3) is 10.1 Å². The molecular formula is C22H26N6O3S. The lowest BCUT2D eigenvalue weighted by atomic mass is 9.95. The van der Waals surface area contributed by atoms with Gasteiger partial charge in [0.05, 0.1) is 36.1 Å². The molecule has 0 aromatic carbocycles. The largest absolute Gasteiger partial charge is 0.307 e. The van der Waals surface area contributed by atoms with E-state index in [2.05, 4.69) is 53.5 Å². The molecule has 0 radical (unpaired) electrons. The van der Waals surface area contributed by atoms with E-state index < -0.39 is 10.1 Å². The normalized spacial score (nSPS) is 15.2. The van der Waals surface area contributed by atoms with Crippen molar-refractivity contribution in [3.8, 4) is 11.3 Å². The van der Waals surface area contributed by atoms with Crippen LogP contribution in [-0.2, 0) is 14.3 Å². The van der Waals surface area contributed by atoms with Crippen LogP contribution >= 0.6 is 0 Å². The third-order valence-electron chi connectivity index (χ3n) is 6.12. The average Bonchev–Trinajstić information content (AvgIpc) is 3.29. The zero-order chi connectivity index (χ0) is 22.8. The molecule has 1 aliphatic rings. The molecule has 0 saturated carbocycles. The Kier molecular flexibility index (Phi) is 4.75. The second-order valence-electron chi connectivity index (χ2n) is 8.71. The molecule has 9 nitrogen and oxygen atoms in total. The van der Waals surface area contributed by atoms with Crippen molar-refractivity contribution in [2.24, 2.45) is 0 Å². The predicted molar refractivity (Wildman–Crippen MR) is 123 cm³/mol. The van der Waals surface area contributed by atoms with Crippen molar-refractivity contribution in [3.05, 3.63) is 47.5 Å². The number of aromatic nitrogens is 5. The zero-order valence-corrected chi connectivity index (χ0v) is 19.6. The zero-order valence-electron chi connectivity index (χ0n) is 18.8. The molecule has 0 aliphatic carbocycles. The molecule has 0 atom stereocenters. The van der Waals surface area contributed by atoms with Crippen LogP contribution in [0.3, 0.4) is 0 Å². The number of rotatable bonds is 5. The Labute approximate surface area is 186 Å². The molecule has 1 fully saturated rings. The van der Waals surface area contributed by atoms with E-state index in [0.29, 0.717) is 13.1 Å². The van der Waals surface area contributed by atoms with Crippen LogP contribution in [0.5, 0.6) is 0 Å². The van der Waals surface area contributed by atoms with Crippen molar-refractivity contribution in [2.45, 2.75) is 39.7 Å². The highest BCUT2D eigenvalue weighted by molar-refractivity contribution is 7.86. The number of aryl methyl sites for hydroxylation is 1. The van der Waals surface area contributed by atoms with Gasteiger partial charge in [-0.2, -0.15) is 13.5 Å². The third kappa shape index (κ3) is 3.25. The Balaban J connectivity index is 1.75. The van der Waals surface area contributed by atoms with E-state index in [-0.39, 0.29) is 12.0 Å². The molecule has 168 valence electrons. The minimum Gasteiger partial charge on any atom is -0.307 e. The van der Waals surface area contributed by atoms with Crippen LogP contribution in [-0.4, -0.2) is 58.1 Å². The first-order valence-electron chi connectivity index (χ1n) is 10.6. The maximum absolute atomic E-state index is 11.6. The molecular weight excluding hydrogens is 428 g/mol. The molecule has 4 aromatic heterocycles. The number of hydrogen-bond acceptors (Lipinski definition) is 7. The molecule has 5 rings (SSSR count). The van der Waals surface area contributed by atoms with E-state index in [4.69, 9.17) is 9.17 Å². The minimum atomic E-state index is -3.50. The molecule has 0 bridgehead atoms. The van der Waals surface area contributed by atoms with Gasteiger partial charge in [0.15, 0.2) is 5.65 Å². The van der Waals surface area contributed by atoms with Crippen molar-refractivity contribution in [2.75, 3.05) is 24.4 Å². The average molecular weight is 455 g/mol. The lowest BCUT2D eigenvalue weighted by molar-refractivity contribution is 0.155. The summed E-state index contributed by atoms with van der Waals surface area (Å²) in [6.45, 7) is 9.44. The maximum atomic E-state index is 11.6. The van der Waals surface area contributed by atoms with Gasteiger partial charge in [0.1, 0.15) is 12.4 Å². The fourth-order valence-corrected chi connectivity index (χ4v) is 5.17. The van der Waals surface area contributed by atoms with Gasteiger partial charge in [-0.15, -0.1) is 0 Å². The van der Waals surface area contributed by atoms with Gasteiger partial charge in [0, 0.05) is 23.5 Å². The van der Waals surface area contributed by atoms with Crippen molar-refractivity contribution in [1.82, 2.24) is 24.3 Å². The van der Waals surface area contributed by atoms with E-state index >= 15 is 0 Å². The number of nitrogens with zero attached hydrogens (tertiary/aromatic N) is 6. The van der Waals surface area contributed by atoms with E-state index in [1.165, 1.54) is 0 Å². The smallest absolute Gasteiger partial charge is 0.264 e. The van der Waals surface area contributed by atoms with Gasteiger partial charge < -0.3 is 5.01 Å². The standard InChI is InChI=1S/C22H26N6O3S/c1-13(2)19-20-18(7-6-8-23-20)28(26-9-16(10-26)31-32(5,29)30)21(19)17-11-27-22(24-12-25-27)15(4)14(17)3/h6-8,11-13,16H,9-10H2,1-5H3. The SMILES string of the molecule is Cc1c(-c2c(C(C)C)c3ncccc3n2N2CC(OS(C)(=O)=O)C2)cn2ncnc2c1C. The van der Waals surface area contributed by atoms with Crippen molar-refractivity contribution in [1.29, 1.82) is 0 Å². The van der Waals surface area contributed by atoms with Crippen LogP contribution < -0.4 is 5.01 Å². The lowest BCUT2D eigenvalue weighted by Crippen LogP contribution is -2.58. The van der Waals surface area contributed by atoms with E-state index in [9.17, 15) is 8.42 Å². The second kappa shape index (κ2) is 7.28. The molecule has 0 amide bonds. The predicted octanol–water partition coefficient (Wildman–Crippen LogP) is 2.78. The maximum Gasteiger partial charge on any atom is 0.264 e. The Morgan fingerprint density at radius 1 is 1.16 bits per heavy atom. The second-order valence-corrected chi connectivity index (χ2v) is 10.3. The van der Waals surface area contributed by atoms with Crippen molar-refractivity contribution in [3.63, 3.8) is 0 Å². The monoisotopic (exact) mass is 454 g/mol. The summed E-state index contributed by atoms with van der Waals surface area (Å²) in [6.07, 6.45) is 6.12. The molecule has 0 N–H and O–H groups in total. The Bertz CT molecular complexity index is 1450. The van der Waals surface area contributed by atoms with Crippen LogP contribution in [0.15, 0.2) is 30.9 Å². The lowest BCUT2D eigenvalue weighted by Gasteiger charge is -2.41. The highest BCUT2D eigenvalue weighted by Gasteiger charge is 2.35. The summed E-state index contributed by atoms with van der Waals surface area (Å²) in [5.74, 6) is 0.221. The van der Waals surface area contributed by atoms with Gasteiger partial charge in [-0.05, 0) is 43.0 Å². The number of hydrogen-bond donors (Lipinski definition) is 0. The first-order valence-corrected chi connectivity index (χ1v) is 12.4. The van der Waals surface area contributed by atoms with Crippen LogP contribution in [0.2, 0.25) is 0 Å². The Morgan fingerprint density at radius 2 is 1.91 bits per heavy atom. The minimum absolute atomic E-state index is 0.221. The summed E-state index contributed by atoms with van der Waals surface area (Å²) in [4.78, 5) is 9.12. The van der Waals surface area contributed by atoms with Crippen LogP contribution in [0, 0.1) is 13.8 Å². The summed E-state index contributed by atoms with van der Waals surface area (Å²) in [5, 5.41) is 6.49. The van der Waals surface area contributed by atoms with Crippen molar-refractivity contribution >= 4 is 26.8 Å². The molecule has 10 heteroatoms. The quantitative estimate of drug-likeness (QED) is 0.428. The topological polar surface area (TPSA) is 94.6 Å². The van der Waals surface area contributed by atoms with Gasteiger partial charge in [0.2, 0.25) is 0 Å². The molecule has 4 aromatic rings. The van der Waals surface area contributed by atoms with E-state index in [1.54, 1.807) is 6.33 Å². The molecule has 0 spiro atoms. The summed E-state index contributed by atoms with van der Waals surface area (Å²) in [6, 6.07) is 3.98. The fourth-order valence-electron chi connectivity index (χ4n) is 4.55. The van der Waals surface area contributed by atoms with Gasteiger partial charge in [-0.1, -0.05) is 13.8 Å². The van der Waals surface area contributed by atoms with Gasteiger partial charge in [-0.25, -0.2) is 9.50 Å². The summed E-state index contributed by atoms with van der Waals surface area (Å²) in [5.41, 5.74) is 8.21. The Hall–Kier alpha value is -2.98. The van der Waals surface area contributed by atoms with Crippen LogP contribution in [0.1, 0.15) is 36.5 Å². The first kappa shape index (κ1) is 20.9. The highest BCUT2D eigenvalue weighted by atomic mass is 32.2. The fraction of sp³-hybridized carbons (Fsp3) is 0.409. The molecule has 32 heavy (non-hydrogen) atoms. The highest BCUT2D eigenvalue weighted by Crippen LogP contribution is 2.40. The Morgan fingerprint density at radius 3 is 2.59 bits per heavy atom. The molecule has 1 saturated heterocycles. The van der Waals surface area contributed by atoms with E-state index in [1.807, 2.05) is 23.0 Å². The molecule has 1 aliphatic heterocycles. The van der Waals surface area contributed by atoms with Crippen LogP contribution in [0.4, 0.5) is 0 Å².